The van der Waals surface area contributed by atoms with Crippen LogP contribution >= 0.6 is 0 Å². The number of nitrogens with zero attached hydrogens (tertiary/aromatic N) is 2. The first kappa shape index (κ1) is 22.0. The molecule has 1 heterocycles. The average Bonchev–Trinajstić information content (AvgIpc) is 3.28. The van der Waals surface area contributed by atoms with E-state index in [1.54, 1.807) is 7.11 Å². The van der Waals surface area contributed by atoms with Gasteiger partial charge in [0.25, 0.3) is 0 Å². The van der Waals surface area contributed by atoms with E-state index in [4.69, 9.17) is 19.2 Å². The summed E-state index contributed by atoms with van der Waals surface area (Å²) in [5.41, 5.74) is 1.24. The predicted octanol–water partition coefficient (Wildman–Crippen LogP) is 3.96. The highest BCUT2D eigenvalue weighted by atomic mass is 16.5. The van der Waals surface area contributed by atoms with Crippen LogP contribution in [0.15, 0.2) is 53.5 Å². The van der Waals surface area contributed by atoms with Crippen LogP contribution in [0, 0.1) is 5.92 Å². The highest BCUT2D eigenvalue weighted by Crippen LogP contribution is 2.24. The Morgan fingerprint density at radius 1 is 1.10 bits per heavy atom. The Bertz CT molecular complexity index is 784. The molecule has 30 heavy (non-hydrogen) atoms. The Kier molecular flexibility index (Phi) is 8.39. The van der Waals surface area contributed by atoms with Crippen molar-refractivity contribution in [3.63, 3.8) is 0 Å². The highest BCUT2D eigenvalue weighted by Gasteiger charge is 2.18. The zero-order valence-corrected chi connectivity index (χ0v) is 18.3. The molecule has 0 amide bonds. The molecule has 0 spiro atoms. The van der Waals surface area contributed by atoms with Crippen LogP contribution < -0.4 is 14.8 Å². The molecule has 0 bridgehead atoms. The van der Waals surface area contributed by atoms with Crippen LogP contribution in [-0.2, 0) is 11.2 Å². The minimum atomic E-state index is 0.595. The quantitative estimate of drug-likeness (QED) is 0.500. The van der Waals surface area contributed by atoms with Crippen molar-refractivity contribution in [1.82, 2.24) is 10.2 Å². The maximum Gasteiger partial charge on any atom is 0.193 e. The average molecular weight is 412 g/mol. The van der Waals surface area contributed by atoms with Gasteiger partial charge in [-0.1, -0.05) is 12.1 Å². The van der Waals surface area contributed by atoms with Crippen LogP contribution in [0.3, 0.4) is 0 Å². The smallest absolute Gasteiger partial charge is 0.193 e. The van der Waals surface area contributed by atoms with Crippen LogP contribution in [0.25, 0.3) is 0 Å². The van der Waals surface area contributed by atoms with Crippen molar-refractivity contribution in [3.8, 4) is 17.2 Å². The number of aliphatic imine (C=N–C) groups is 1. The molecule has 0 saturated carbocycles. The lowest BCUT2D eigenvalue weighted by Crippen LogP contribution is -2.41. The fourth-order valence-electron chi connectivity index (χ4n) is 3.47. The molecule has 1 unspecified atom stereocenters. The standard InChI is InChI=1S/C24H33N3O3/c1-4-25-24(27(2)17-20-14-16-29-18-20)26-15-13-19-5-7-22(8-6-19)30-23-11-9-21(28-3)10-12-23/h5-12,20H,4,13-18H2,1-3H3,(H,25,26). The van der Waals surface area contributed by atoms with Crippen molar-refractivity contribution < 1.29 is 14.2 Å². The third-order valence-electron chi connectivity index (χ3n) is 5.13. The fourth-order valence-corrected chi connectivity index (χ4v) is 3.47. The van der Waals surface area contributed by atoms with Gasteiger partial charge in [-0.25, -0.2) is 0 Å². The molecule has 2 aromatic rings. The summed E-state index contributed by atoms with van der Waals surface area (Å²) in [5.74, 6) is 3.98. The molecule has 0 aromatic heterocycles. The summed E-state index contributed by atoms with van der Waals surface area (Å²) in [5, 5.41) is 3.39. The van der Waals surface area contributed by atoms with Gasteiger partial charge in [0, 0.05) is 39.2 Å². The van der Waals surface area contributed by atoms with Crippen LogP contribution in [0.2, 0.25) is 0 Å². The van der Waals surface area contributed by atoms with E-state index in [2.05, 4.69) is 36.3 Å². The summed E-state index contributed by atoms with van der Waals surface area (Å²) in [6.45, 7) is 6.42. The number of methoxy groups -OCH3 is 1. The van der Waals surface area contributed by atoms with Gasteiger partial charge in [0.05, 0.1) is 13.7 Å². The second kappa shape index (κ2) is 11.5. The third-order valence-corrected chi connectivity index (χ3v) is 5.13. The first-order valence-electron chi connectivity index (χ1n) is 10.7. The molecule has 1 N–H and O–H groups in total. The molecule has 1 aliphatic heterocycles. The van der Waals surface area contributed by atoms with Crippen LogP contribution in [0.1, 0.15) is 18.9 Å². The third kappa shape index (κ3) is 6.66. The lowest BCUT2D eigenvalue weighted by Gasteiger charge is -2.24. The van der Waals surface area contributed by atoms with Crippen molar-refractivity contribution in [2.75, 3.05) is 47.0 Å². The first-order chi connectivity index (χ1) is 14.7. The van der Waals surface area contributed by atoms with E-state index in [1.165, 1.54) is 5.56 Å². The van der Waals surface area contributed by atoms with Gasteiger partial charge in [-0.2, -0.15) is 0 Å². The number of rotatable bonds is 9. The number of guanidine groups is 1. The van der Waals surface area contributed by atoms with E-state index < -0.39 is 0 Å². The Morgan fingerprint density at radius 2 is 1.77 bits per heavy atom. The van der Waals surface area contributed by atoms with E-state index in [0.29, 0.717) is 5.92 Å². The molecule has 162 valence electrons. The lowest BCUT2D eigenvalue weighted by molar-refractivity contribution is 0.181. The maximum atomic E-state index is 5.89. The van der Waals surface area contributed by atoms with E-state index in [9.17, 15) is 0 Å². The largest absolute Gasteiger partial charge is 0.497 e. The van der Waals surface area contributed by atoms with Crippen molar-refractivity contribution in [3.05, 3.63) is 54.1 Å². The lowest BCUT2D eigenvalue weighted by atomic mass is 10.1. The van der Waals surface area contributed by atoms with Gasteiger partial charge in [0.2, 0.25) is 0 Å². The van der Waals surface area contributed by atoms with Gasteiger partial charge in [-0.15, -0.1) is 0 Å². The predicted molar refractivity (Wildman–Crippen MR) is 121 cm³/mol. The minimum Gasteiger partial charge on any atom is -0.497 e. The molecule has 1 saturated heterocycles. The molecule has 6 nitrogen and oxygen atoms in total. The van der Waals surface area contributed by atoms with Gasteiger partial charge in [-0.3, -0.25) is 4.99 Å². The van der Waals surface area contributed by atoms with E-state index in [0.717, 1.165) is 68.9 Å². The molecular weight excluding hydrogens is 378 g/mol. The van der Waals surface area contributed by atoms with Gasteiger partial charge >= 0.3 is 0 Å². The SMILES string of the molecule is CCNC(=NCCc1ccc(Oc2ccc(OC)cc2)cc1)N(C)CC1CCOC1. The van der Waals surface area contributed by atoms with E-state index in [1.807, 2.05) is 36.4 Å². The summed E-state index contributed by atoms with van der Waals surface area (Å²) < 4.78 is 16.6. The fraction of sp³-hybridized carbons (Fsp3) is 0.458. The van der Waals surface area contributed by atoms with E-state index in [-0.39, 0.29) is 0 Å². The molecule has 1 fully saturated rings. The van der Waals surface area contributed by atoms with Gasteiger partial charge in [0.15, 0.2) is 5.96 Å². The number of benzene rings is 2. The summed E-state index contributed by atoms with van der Waals surface area (Å²) in [6.07, 6.45) is 2.02. The number of ether oxygens (including phenoxy) is 3. The molecule has 6 heteroatoms. The second-order valence-electron chi connectivity index (χ2n) is 7.52. The van der Waals surface area contributed by atoms with Crippen LogP contribution in [0.4, 0.5) is 0 Å². The summed E-state index contributed by atoms with van der Waals surface area (Å²) in [4.78, 5) is 7.02. The zero-order chi connectivity index (χ0) is 21.2. The normalized spacial score (nSPS) is 16.4. The second-order valence-corrected chi connectivity index (χ2v) is 7.52. The molecule has 2 aromatic carbocycles. The van der Waals surface area contributed by atoms with Crippen LogP contribution in [0.5, 0.6) is 17.2 Å². The first-order valence-corrected chi connectivity index (χ1v) is 10.7. The van der Waals surface area contributed by atoms with Gasteiger partial charge in [0.1, 0.15) is 17.2 Å². The number of hydrogen-bond acceptors (Lipinski definition) is 4. The van der Waals surface area contributed by atoms with Crippen molar-refractivity contribution >= 4 is 5.96 Å². The molecule has 0 radical (unpaired) electrons. The van der Waals surface area contributed by atoms with Gasteiger partial charge in [-0.05, 0) is 61.7 Å². The van der Waals surface area contributed by atoms with E-state index >= 15 is 0 Å². The maximum absolute atomic E-state index is 5.89. The highest BCUT2D eigenvalue weighted by molar-refractivity contribution is 5.79. The topological polar surface area (TPSA) is 55.3 Å². The summed E-state index contributed by atoms with van der Waals surface area (Å²) >= 11 is 0. The molecule has 3 rings (SSSR count). The van der Waals surface area contributed by atoms with Crippen molar-refractivity contribution in [2.45, 2.75) is 19.8 Å². The van der Waals surface area contributed by atoms with Gasteiger partial charge < -0.3 is 24.4 Å². The summed E-state index contributed by atoms with van der Waals surface area (Å²) in [6, 6.07) is 15.8. The Labute approximate surface area is 179 Å². The molecule has 1 aliphatic rings. The Hall–Kier alpha value is -2.73. The minimum absolute atomic E-state index is 0.595. The Balaban J connectivity index is 1.50. The molecule has 1 atom stereocenters. The number of hydrogen-bond donors (Lipinski definition) is 1. The number of nitrogens with one attached hydrogen (secondary N) is 1. The Morgan fingerprint density at radius 3 is 2.37 bits per heavy atom. The molecular formula is C24H33N3O3. The summed E-state index contributed by atoms with van der Waals surface area (Å²) in [7, 11) is 3.76. The van der Waals surface area contributed by atoms with Crippen molar-refractivity contribution in [1.29, 1.82) is 0 Å². The monoisotopic (exact) mass is 411 g/mol. The van der Waals surface area contributed by atoms with Crippen LogP contribution in [-0.4, -0.2) is 57.9 Å². The molecule has 0 aliphatic carbocycles. The van der Waals surface area contributed by atoms with Crippen molar-refractivity contribution in [2.24, 2.45) is 10.9 Å². The zero-order valence-electron chi connectivity index (χ0n) is 18.3.